The number of fused-ring (bicyclic) bond motifs is 2. The van der Waals surface area contributed by atoms with Crippen molar-refractivity contribution in [3.8, 4) is 11.5 Å². The van der Waals surface area contributed by atoms with Crippen molar-refractivity contribution < 1.29 is 9.47 Å². The molecule has 0 fully saturated rings. The van der Waals surface area contributed by atoms with Gasteiger partial charge in [-0.05, 0) is 13.5 Å². The average Bonchev–Trinajstić information content (AvgIpc) is 2.91. The molecule has 0 radical (unpaired) electrons. The van der Waals surface area contributed by atoms with Crippen LogP contribution in [0.2, 0.25) is 0 Å². The predicted octanol–water partition coefficient (Wildman–Crippen LogP) is 3.15. The van der Waals surface area contributed by atoms with Gasteiger partial charge in [-0.1, -0.05) is 26.2 Å². The molecule has 0 saturated heterocycles. The number of ether oxygens (including phenoxy) is 2. The van der Waals surface area contributed by atoms with Gasteiger partial charge in [0.2, 0.25) is 0 Å². The lowest BCUT2D eigenvalue weighted by atomic mass is 10.2. The van der Waals surface area contributed by atoms with Crippen molar-refractivity contribution in [2.24, 2.45) is 0 Å². The predicted molar refractivity (Wildman–Crippen MR) is 92.5 cm³/mol. The molecule has 0 bridgehead atoms. The molecule has 1 aromatic heterocycles. The van der Waals surface area contributed by atoms with Crippen LogP contribution in [0.25, 0.3) is 11.0 Å². The molecule has 1 aromatic carbocycles. The van der Waals surface area contributed by atoms with E-state index < -0.39 is 0 Å². The van der Waals surface area contributed by atoms with E-state index in [0.717, 1.165) is 47.9 Å². The molecule has 5 nitrogen and oxygen atoms in total. The number of likely N-dealkylation sites (N-methyl/N-ethyl adjacent to an activating group) is 1. The van der Waals surface area contributed by atoms with Gasteiger partial charge in [-0.25, -0.2) is 4.98 Å². The number of hydrogen-bond donors (Lipinski definition) is 1. The molecule has 126 valence electrons. The van der Waals surface area contributed by atoms with Gasteiger partial charge in [0.15, 0.2) is 11.5 Å². The number of nitrogens with one attached hydrogen (secondary N) is 1. The monoisotopic (exact) mass is 317 g/mol. The zero-order chi connectivity index (χ0) is 16.1. The van der Waals surface area contributed by atoms with Crippen molar-refractivity contribution >= 4 is 11.0 Å². The molecular weight excluding hydrogens is 290 g/mol. The number of rotatable bonds is 8. The van der Waals surface area contributed by atoms with Crippen molar-refractivity contribution in [3.63, 3.8) is 0 Å². The second kappa shape index (κ2) is 7.68. The molecule has 3 rings (SSSR count). The number of unbranched alkanes of at least 4 members (excludes halogenated alkanes) is 3. The molecule has 2 heterocycles. The van der Waals surface area contributed by atoms with Gasteiger partial charge in [-0.3, -0.25) is 0 Å². The van der Waals surface area contributed by atoms with Gasteiger partial charge >= 0.3 is 0 Å². The third-order valence-corrected chi connectivity index (χ3v) is 4.33. The minimum atomic E-state index is 0.614. The SMILES string of the molecule is CCCCCCn1c(CCNC)nc2cc3c(cc21)OCCO3. The van der Waals surface area contributed by atoms with Gasteiger partial charge < -0.3 is 19.4 Å². The topological polar surface area (TPSA) is 48.3 Å². The van der Waals surface area contributed by atoms with E-state index in [9.17, 15) is 0 Å². The summed E-state index contributed by atoms with van der Waals surface area (Å²) in [6, 6.07) is 4.12. The molecule has 2 aromatic rings. The molecule has 1 aliphatic rings. The average molecular weight is 317 g/mol. The molecule has 23 heavy (non-hydrogen) atoms. The second-order valence-corrected chi connectivity index (χ2v) is 6.08. The molecule has 0 aliphatic carbocycles. The maximum atomic E-state index is 5.74. The van der Waals surface area contributed by atoms with Crippen LogP contribution >= 0.6 is 0 Å². The molecule has 5 heteroatoms. The smallest absolute Gasteiger partial charge is 0.163 e. The minimum absolute atomic E-state index is 0.614. The highest BCUT2D eigenvalue weighted by Gasteiger charge is 2.17. The van der Waals surface area contributed by atoms with Crippen LogP contribution in [0.1, 0.15) is 38.4 Å². The lowest BCUT2D eigenvalue weighted by Crippen LogP contribution is -2.15. The molecule has 1 aliphatic heterocycles. The highest BCUT2D eigenvalue weighted by Crippen LogP contribution is 2.35. The quantitative estimate of drug-likeness (QED) is 0.760. The van der Waals surface area contributed by atoms with Gasteiger partial charge in [0.05, 0.1) is 11.0 Å². The summed E-state index contributed by atoms with van der Waals surface area (Å²) in [5, 5.41) is 3.22. The van der Waals surface area contributed by atoms with E-state index in [1.807, 2.05) is 13.1 Å². The fourth-order valence-electron chi connectivity index (χ4n) is 3.09. The van der Waals surface area contributed by atoms with Crippen LogP contribution in [-0.4, -0.2) is 36.4 Å². The van der Waals surface area contributed by atoms with E-state index in [2.05, 4.69) is 22.9 Å². The summed E-state index contributed by atoms with van der Waals surface area (Å²) in [5.74, 6) is 2.81. The number of benzene rings is 1. The van der Waals surface area contributed by atoms with Crippen LogP contribution in [0.5, 0.6) is 11.5 Å². The van der Waals surface area contributed by atoms with Crippen molar-refractivity contribution in [1.29, 1.82) is 0 Å². The zero-order valence-electron chi connectivity index (χ0n) is 14.2. The largest absolute Gasteiger partial charge is 0.486 e. The van der Waals surface area contributed by atoms with E-state index in [-0.39, 0.29) is 0 Å². The summed E-state index contributed by atoms with van der Waals surface area (Å²) in [7, 11) is 1.98. The van der Waals surface area contributed by atoms with Crippen LogP contribution < -0.4 is 14.8 Å². The Balaban J connectivity index is 1.91. The number of imidazole rings is 1. The molecular formula is C18H27N3O2. The number of nitrogens with zero attached hydrogens (tertiary/aromatic N) is 2. The molecule has 0 saturated carbocycles. The fourth-order valence-corrected chi connectivity index (χ4v) is 3.09. The maximum absolute atomic E-state index is 5.74. The number of aryl methyl sites for hydroxylation is 1. The van der Waals surface area contributed by atoms with Crippen molar-refractivity contribution in [3.05, 3.63) is 18.0 Å². The highest BCUT2D eigenvalue weighted by molar-refractivity contribution is 5.80. The first-order valence-electron chi connectivity index (χ1n) is 8.77. The van der Waals surface area contributed by atoms with E-state index in [1.165, 1.54) is 25.7 Å². The highest BCUT2D eigenvalue weighted by atomic mass is 16.6. The number of hydrogen-bond acceptors (Lipinski definition) is 4. The molecule has 0 spiro atoms. The standard InChI is InChI=1S/C18H27N3O2/c1-3-4-5-6-9-21-15-13-17-16(22-10-11-23-17)12-14(15)20-18(21)7-8-19-2/h12-13,19H,3-11H2,1-2H3. The van der Waals surface area contributed by atoms with Crippen molar-refractivity contribution in [2.75, 3.05) is 26.8 Å². The maximum Gasteiger partial charge on any atom is 0.163 e. The molecule has 1 N–H and O–H groups in total. The summed E-state index contributed by atoms with van der Waals surface area (Å²) in [4.78, 5) is 4.84. The molecule has 0 atom stereocenters. The van der Waals surface area contributed by atoms with Gasteiger partial charge in [-0.15, -0.1) is 0 Å². The van der Waals surface area contributed by atoms with Gasteiger partial charge in [0.1, 0.15) is 19.0 Å². The van der Waals surface area contributed by atoms with E-state index in [0.29, 0.717) is 13.2 Å². The van der Waals surface area contributed by atoms with E-state index in [4.69, 9.17) is 14.5 Å². The Labute approximate surface area is 138 Å². The third kappa shape index (κ3) is 3.61. The van der Waals surface area contributed by atoms with Crippen LogP contribution in [0.4, 0.5) is 0 Å². The summed E-state index contributed by atoms with van der Waals surface area (Å²) < 4.78 is 13.8. The van der Waals surface area contributed by atoms with Crippen LogP contribution in [0, 0.1) is 0 Å². The minimum Gasteiger partial charge on any atom is -0.486 e. The Kier molecular flexibility index (Phi) is 5.39. The Bertz CT molecular complexity index is 651. The summed E-state index contributed by atoms with van der Waals surface area (Å²) >= 11 is 0. The van der Waals surface area contributed by atoms with E-state index in [1.54, 1.807) is 0 Å². The van der Waals surface area contributed by atoms with Crippen LogP contribution in [0.15, 0.2) is 12.1 Å². The molecule has 0 unspecified atom stereocenters. The van der Waals surface area contributed by atoms with Crippen molar-refractivity contribution in [2.45, 2.75) is 45.6 Å². The Hall–Kier alpha value is -1.75. The summed E-state index contributed by atoms with van der Waals surface area (Å²) in [6.07, 6.45) is 5.96. The lowest BCUT2D eigenvalue weighted by Gasteiger charge is -2.18. The van der Waals surface area contributed by atoms with Gasteiger partial charge in [0, 0.05) is 31.6 Å². The fraction of sp³-hybridized carbons (Fsp3) is 0.611. The zero-order valence-corrected chi connectivity index (χ0v) is 14.2. The second-order valence-electron chi connectivity index (χ2n) is 6.08. The lowest BCUT2D eigenvalue weighted by molar-refractivity contribution is 0.172. The normalized spacial score (nSPS) is 13.7. The Morgan fingerprint density at radius 2 is 1.91 bits per heavy atom. The first-order valence-corrected chi connectivity index (χ1v) is 8.77. The van der Waals surface area contributed by atoms with Gasteiger partial charge in [-0.2, -0.15) is 0 Å². The van der Waals surface area contributed by atoms with Crippen molar-refractivity contribution in [1.82, 2.24) is 14.9 Å². The summed E-state index contributed by atoms with van der Waals surface area (Å²) in [6.45, 7) is 5.44. The Morgan fingerprint density at radius 1 is 1.13 bits per heavy atom. The third-order valence-electron chi connectivity index (χ3n) is 4.33. The van der Waals surface area contributed by atoms with Crippen LogP contribution in [-0.2, 0) is 13.0 Å². The first kappa shape index (κ1) is 16.1. The molecule has 0 amide bonds. The Morgan fingerprint density at radius 3 is 2.65 bits per heavy atom. The van der Waals surface area contributed by atoms with Crippen LogP contribution in [0.3, 0.4) is 0 Å². The van der Waals surface area contributed by atoms with Gasteiger partial charge in [0.25, 0.3) is 0 Å². The van der Waals surface area contributed by atoms with E-state index >= 15 is 0 Å². The first-order chi connectivity index (χ1) is 11.3. The summed E-state index contributed by atoms with van der Waals surface area (Å²) in [5.41, 5.74) is 2.17. The number of aromatic nitrogens is 2.